The average molecular weight is 253 g/mol. The van der Waals surface area contributed by atoms with Gasteiger partial charge < -0.3 is 4.74 Å². The highest BCUT2D eigenvalue weighted by Crippen LogP contribution is 2.09. The lowest BCUT2D eigenvalue weighted by molar-refractivity contribution is 0.145. The molecule has 0 amide bonds. The summed E-state index contributed by atoms with van der Waals surface area (Å²) in [7, 11) is -4.54. The van der Waals surface area contributed by atoms with Crippen LogP contribution in [0.1, 0.15) is 13.3 Å². The Morgan fingerprint density at radius 2 is 1.87 bits per heavy atom. The van der Waals surface area contributed by atoms with Gasteiger partial charge in [-0.2, -0.15) is 0 Å². The Labute approximate surface area is 94.3 Å². The number of nitrogens with two attached hydrogens (primary N) is 1. The summed E-state index contributed by atoms with van der Waals surface area (Å²) in [5, 5.41) is 4.50. The van der Waals surface area contributed by atoms with E-state index in [1.165, 1.54) is 0 Å². The molecule has 0 rings (SSSR count). The van der Waals surface area contributed by atoms with Crippen LogP contribution < -0.4 is 5.14 Å². The quantitative estimate of drug-likeness (QED) is 0.551. The molecule has 0 heterocycles. The molecule has 1 atom stereocenters. The third kappa shape index (κ3) is 7.95. The smallest absolute Gasteiger partial charge is 0.214 e. The number of sulfonamides is 1. The predicted molar refractivity (Wildman–Crippen MR) is 66.2 cm³/mol. The maximum Gasteiger partial charge on any atom is 0.214 e. The average Bonchev–Trinajstić information content (AvgIpc) is 1.99. The first-order chi connectivity index (χ1) is 6.67. The maximum absolute atomic E-state index is 11.1. The van der Waals surface area contributed by atoms with Gasteiger partial charge in [-0.1, -0.05) is 26.6 Å². The normalized spacial score (nSPS) is 15.3. The molecule has 0 fully saturated rings. The summed E-state index contributed by atoms with van der Waals surface area (Å²) in [6.07, 6.45) is 0.506. The monoisotopic (exact) mass is 253 g/mol. The largest absolute Gasteiger partial charge is 0.380 e. The Kier molecular flexibility index (Phi) is 6.01. The molecule has 2 N–H and O–H groups in total. The van der Waals surface area contributed by atoms with E-state index in [1.54, 1.807) is 6.92 Å². The molecule has 92 valence electrons. The van der Waals surface area contributed by atoms with Crippen molar-refractivity contribution in [3.63, 3.8) is 0 Å². The van der Waals surface area contributed by atoms with Crippen molar-refractivity contribution in [2.24, 2.45) is 5.14 Å². The zero-order valence-electron chi connectivity index (χ0n) is 10.1. The SMILES string of the molecule is CCC(COCC[Si](C)(C)C)S(N)(=O)=O. The van der Waals surface area contributed by atoms with Crippen molar-refractivity contribution in [2.45, 2.75) is 44.3 Å². The van der Waals surface area contributed by atoms with E-state index in [4.69, 9.17) is 9.88 Å². The van der Waals surface area contributed by atoms with Crippen LogP contribution >= 0.6 is 0 Å². The molecule has 0 aliphatic rings. The van der Waals surface area contributed by atoms with Crippen molar-refractivity contribution in [2.75, 3.05) is 13.2 Å². The highest BCUT2D eigenvalue weighted by Gasteiger charge is 2.20. The lowest BCUT2D eigenvalue weighted by Gasteiger charge is -2.17. The standard InChI is InChI=1S/C9H23NO3SSi/c1-5-9(14(10,11)12)8-13-6-7-15(2,3)4/h9H,5-8H2,1-4H3,(H2,10,11,12). The molecule has 6 heteroatoms. The highest BCUT2D eigenvalue weighted by atomic mass is 32.2. The molecule has 0 aliphatic heterocycles. The van der Waals surface area contributed by atoms with Crippen LogP contribution in [0.5, 0.6) is 0 Å². The van der Waals surface area contributed by atoms with Crippen LogP contribution in [0.25, 0.3) is 0 Å². The van der Waals surface area contributed by atoms with Gasteiger partial charge in [0.25, 0.3) is 0 Å². The first-order valence-corrected chi connectivity index (χ1v) is 10.6. The molecule has 0 aliphatic carbocycles. The van der Waals surface area contributed by atoms with Gasteiger partial charge in [0.05, 0.1) is 11.9 Å². The summed E-state index contributed by atoms with van der Waals surface area (Å²) in [5.41, 5.74) is 0. The predicted octanol–water partition coefficient (Wildman–Crippen LogP) is 1.41. The van der Waals surface area contributed by atoms with Gasteiger partial charge in [-0.3, -0.25) is 0 Å². The fourth-order valence-electron chi connectivity index (χ4n) is 1.04. The van der Waals surface area contributed by atoms with Gasteiger partial charge in [-0.25, -0.2) is 13.6 Å². The van der Waals surface area contributed by atoms with Gasteiger partial charge in [0.2, 0.25) is 10.0 Å². The van der Waals surface area contributed by atoms with Crippen LogP contribution in [0, 0.1) is 0 Å². The summed E-state index contributed by atoms with van der Waals surface area (Å²) in [6.45, 7) is 9.44. The molecule has 0 spiro atoms. The second-order valence-electron chi connectivity index (χ2n) is 5.00. The number of hydrogen-bond acceptors (Lipinski definition) is 3. The van der Waals surface area contributed by atoms with E-state index >= 15 is 0 Å². The van der Waals surface area contributed by atoms with E-state index in [2.05, 4.69) is 19.6 Å². The summed E-state index contributed by atoms with van der Waals surface area (Å²) >= 11 is 0. The second kappa shape index (κ2) is 5.98. The highest BCUT2D eigenvalue weighted by molar-refractivity contribution is 7.89. The molecule has 4 nitrogen and oxygen atoms in total. The third-order valence-electron chi connectivity index (χ3n) is 2.22. The summed E-state index contributed by atoms with van der Waals surface area (Å²) in [6, 6.07) is 1.05. The third-order valence-corrected chi connectivity index (χ3v) is 5.32. The van der Waals surface area contributed by atoms with Gasteiger partial charge in [-0.15, -0.1) is 0 Å². The van der Waals surface area contributed by atoms with Gasteiger partial charge in [0.15, 0.2) is 0 Å². The molecule has 0 aromatic carbocycles. The van der Waals surface area contributed by atoms with Crippen LogP contribution in [0.3, 0.4) is 0 Å². The minimum Gasteiger partial charge on any atom is -0.380 e. The second-order valence-corrected chi connectivity index (χ2v) is 12.5. The van der Waals surface area contributed by atoms with E-state index in [1.807, 2.05) is 0 Å². The molecule has 0 saturated heterocycles. The Morgan fingerprint density at radius 1 is 1.33 bits per heavy atom. The van der Waals surface area contributed by atoms with E-state index in [9.17, 15) is 8.42 Å². The molecule has 1 unspecified atom stereocenters. The number of ether oxygens (including phenoxy) is 1. The van der Waals surface area contributed by atoms with Gasteiger partial charge in [-0.05, 0) is 12.5 Å². The molecule has 0 radical (unpaired) electrons. The lowest BCUT2D eigenvalue weighted by Crippen LogP contribution is -2.32. The van der Waals surface area contributed by atoms with E-state index in [-0.39, 0.29) is 6.61 Å². The first-order valence-electron chi connectivity index (χ1n) is 5.26. The fourth-order valence-corrected chi connectivity index (χ4v) is 2.55. The summed E-state index contributed by atoms with van der Waals surface area (Å²) in [4.78, 5) is 0. The molecule has 0 aromatic heterocycles. The Bertz CT molecular complexity index is 272. The van der Waals surface area contributed by atoms with Crippen molar-refractivity contribution in [3.8, 4) is 0 Å². The summed E-state index contributed by atoms with van der Waals surface area (Å²) in [5.74, 6) is 0. The number of rotatable bonds is 7. The number of hydrogen-bond donors (Lipinski definition) is 1. The molecule has 0 saturated carbocycles. The molecule has 15 heavy (non-hydrogen) atoms. The van der Waals surface area contributed by atoms with Gasteiger partial charge in [0, 0.05) is 14.7 Å². The van der Waals surface area contributed by atoms with E-state index in [0.717, 1.165) is 6.04 Å². The van der Waals surface area contributed by atoms with Crippen LogP contribution in [0.4, 0.5) is 0 Å². The fraction of sp³-hybridized carbons (Fsp3) is 1.00. The van der Waals surface area contributed by atoms with Crippen LogP contribution in [-0.2, 0) is 14.8 Å². The Hall–Kier alpha value is 0.0869. The Balaban J connectivity index is 3.85. The van der Waals surface area contributed by atoms with Gasteiger partial charge >= 0.3 is 0 Å². The van der Waals surface area contributed by atoms with Crippen molar-refractivity contribution >= 4 is 18.1 Å². The lowest BCUT2D eigenvalue weighted by atomic mass is 10.3. The minimum absolute atomic E-state index is 0.222. The zero-order valence-corrected chi connectivity index (χ0v) is 11.9. The molecular weight excluding hydrogens is 230 g/mol. The van der Waals surface area contributed by atoms with Crippen LogP contribution in [0.2, 0.25) is 25.7 Å². The van der Waals surface area contributed by atoms with E-state index in [0.29, 0.717) is 13.0 Å². The molecule has 0 bridgehead atoms. The molecular formula is C9H23NO3SSi. The molecule has 0 aromatic rings. The maximum atomic E-state index is 11.1. The van der Waals surface area contributed by atoms with Crippen molar-refractivity contribution in [3.05, 3.63) is 0 Å². The Morgan fingerprint density at radius 3 is 2.20 bits per heavy atom. The number of primary sulfonamides is 1. The van der Waals surface area contributed by atoms with Crippen molar-refractivity contribution < 1.29 is 13.2 Å². The van der Waals surface area contributed by atoms with Crippen molar-refractivity contribution in [1.82, 2.24) is 0 Å². The van der Waals surface area contributed by atoms with Crippen LogP contribution in [0.15, 0.2) is 0 Å². The zero-order chi connectivity index (χ0) is 12.1. The minimum atomic E-state index is -3.44. The van der Waals surface area contributed by atoms with E-state index < -0.39 is 23.3 Å². The first kappa shape index (κ1) is 15.1. The van der Waals surface area contributed by atoms with Crippen LogP contribution in [-0.4, -0.2) is 35.0 Å². The summed E-state index contributed by atoms with van der Waals surface area (Å²) < 4.78 is 27.5. The van der Waals surface area contributed by atoms with Crippen molar-refractivity contribution in [1.29, 1.82) is 0 Å². The van der Waals surface area contributed by atoms with Gasteiger partial charge in [0.1, 0.15) is 0 Å². The topological polar surface area (TPSA) is 69.4 Å².